The molecular formula is C19H20Cl3N3O3S. The van der Waals surface area contributed by atoms with Crippen LogP contribution in [0.15, 0.2) is 41.3 Å². The van der Waals surface area contributed by atoms with Gasteiger partial charge in [-0.05, 0) is 55.2 Å². The third-order valence-electron chi connectivity index (χ3n) is 4.80. The average Bonchev–Trinajstić information content (AvgIpc) is 2.67. The molecule has 0 aromatic heterocycles. The number of halogens is 3. The SMILES string of the molecule is CC1CCN(S(=O)(=O)c2ccc(C(=O)NNc3c(Cl)cc(Cl)cc3Cl)cc2)CC1. The van der Waals surface area contributed by atoms with Gasteiger partial charge in [0.15, 0.2) is 0 Å². The van der Waals surface area contributed by atoms with Crippen molar-refractivity contribution < 1.29 is 13.2 Å². The molecule has 156 valence electrons. The van der Waals surface area contributed by atoms with Crippen molar-refractivity contribution in [3.05, 3.63) is 57.0 Å². The Balaban J connectivity index is 1.68. The standard InChI is InChI=1S/C19H20Cl3N3O3S/c1-12-6-8-25(9-7-12)29(27,28)15-4-2-13(3-5-15)19(26)24-23-18-16(21)10-14(20)11-17(18)22/h2-5,10-12,23H,6-9H2,1H3,(H,24,26). The molecular weight excluding hydrogens is 457 g/mol. The number of carbonyl (C=O) groups is 1. The highest BCUT2D eigenvalue weighted by Crippen LogP contribution is 2.33. The number of anilines is 1. The maximum atomic E-state index is 12.8. The third kappa shape index (κ3) is 5.16. The van der Waals surface area contributed by atoms with Crippen LogP contribution < -0.4 is 10.9 Å². The van der Waals surface area contributed by atoms with E-state index in [9.17, 15) is 13.2 Å². The molecule has 10 heteroatoms. The lowest BCUT2D eigenvalue weighted by Crippen LogP contribution is -2.37. The highest BCUT2D eigenvalue weighted by molar-refractivity contribution is 7.89. The fraction of sp³-hybridized carbons (Fsp3) is 0.316. The van der Waals surface area contributed by atoms with E-state index in [1.807, 2.05) is 0 Å². The first-order chi connectivity index (χ1) is 13.7. The Morgan fingerprint density at radius 3 is 2.14 bits per heavy atom. The molecule has 0 spiro atoms. The zero-order valence-corrected chi connectivity index (χ0v) is 18.7. The Kier molecular flexibility index (Phi) is 6.96. The number of hydrogen-bond acceptors (Lipinski definition) is 4. The van der Waals surface area contributed by atoms with Crippen molar-refractivity contribution in [1.82, 2.24) is 9.73 Å². The van der Waals surface area contributed by atoms with E-state index in [1.165, 1.54) is 40.7 Å². The summed E-state index contributed by atoms with van der Waals surface area (Å²) in [5.41, 5.74) is 5.73. The summed E-state index contributed by atoms with van der Waals surface area (Å²) in [4.78, 5) is 12.5. The molecule has 1 aliphatic rings. The van der Waals surface area contributed by atoms with Crippen LogP contribution in [0.5, 0.6) is 0 Å². The van der Waals surface area contributed by atoms with Crippen molar-refractivity contribution in [3.63, 3.8) is 0 Å². The van der Waals surface area contributed by atoms with Gasteiger partial charge < -0.3 is 0 Å². The third-order valence-corrected chi connectivity index (χ3v) is 7.53. The van der Waals surface area contributed by atoms with E-state index in [2.05, 4.69) is 17.8 Å². The van der Waals surface area contributed by atoms with Crippen molar-refractivity contribution >= 4 is 56.4 Å². The first-order valence-corrected chi connectivity index (χ1v) is 11.6. The number of carbonyl (C=O) groups excluding carboxylic acids is 1. The van der Waals surface area contributed by atoms with E-state index in [1.54, 1.807) is 0 Å². The Hall–Kier alpha value is -1.51. The van der Waals surface area contributed by atoms with Crippen LogP contribution >= 0.6 is 34.8 Å². The highest BCUT2D eigenvalue weighted by Gasteiger charge is 2.28. The smallest absolute Gasteiger partial charge is 0.269 e. The van der Waals surface area contributed by atoms with Gasteiger partial charge in [0.2, 0.25) is 10.0 Å². The molecule has 1 amide bonds. The van der Waals surface area contributed by atoms with E-state index < -0.39 is 15.9 Å². The van der Waals surface area contributed by atoms with Crippen LogP contribution in [0.25, 0.3) is 0 Å². The molecule has 0 radical (unpaired) electrons. The fourth-order valence-corrected chi connectivity index (χ4v) is 5.39. The zero-order chi connectivity index (χ0) is 21.2. The Morgan fingerprint density at radius 2 is 1.59 bits per heavy atom. The van der Waals surface area contributed by atoms with Crippen LogP contribution in [0.2, 0.25) is 15.1 Å². The molecule has 2 aromatic carbocycles. The topological polar surface area (TPSA) is 78.5 Å². The normalized spacial score (nSPS) is 15.9. The van der Waals surface area contributed by atoms with Crippen molar-refractivity contribution in [2.45, 2.75) is 24.7 Å². The van der Waals surface area contributed by atoms with Gasteiger partial charge >= 0.3 is 0 Å². The molecule has 6 nitrogen and oxygen atoms in total. The van der Waals surface area contributed by atoms with E-state index in [4.69, 9.17) is 34.8 Å². The number of amides is 1. The number of nitrogens with one attached hydrogen (secondary N) is 2. The molecule has 0 bridgehead atoms. The molecule has 1 aliphatic heterocycles. The van der Waals surface area contributed by atoms with Gasteiger partial charge in [-0.3, -0.25) is 15.6 Å². The van der Waals surface area contributed by atoms with Gasteiger partial charge in [-0.25, -0.2) is 8.42 Å². The molecule has 0 unspecified atom stereocenters. The van der Waals surface area contributed by atoms with Crippen LogP contribution in [0.4, 0.5) is 5.69 Å². The van der Waals surface area contributed by atoms with Gasteiger partial charge in [0.05, 0.1) is 20.6 Å². The fourth-order valence-electron chi connectivity index (χ4n) is 3.01. The predicted octanol–water partition coefficient (Wildman–Crippen LogP) is 4.82. The van der Waals surface area contributed by atoms with Crippen LogP contribution in [-0.4, -0.2) is 31.7 Å². The number of benzene rings is 2. The number of sulfonamides is 1. The van der Waals surface area contributed by atoms with Crippen molar-refractivity contribution in [2.24, 2.45) is 5.92 Å². The number of nitrogens with zero attached hydrogens (tertiary/aromatic N) is 1. The Morgan fingerprint density at radius 1 is 1.03 bits per heavy atom. The average molecular weight is 477 g/mol. The molecule has 2 aromatic rings. The van der Waals surface area contributed by atoms with E-state index in [-0.39, 0.29) is 20.5 Å². The lowest BCUT2D eigenvalue weighted by Gasteiger charge is -2.29. The van der Waals surface area contributed by atoms with Gasteiger partial charge in [-0.15, -0.1) is 0 Å². The van der Waals surface area contributed by atoms with Crippen molar-refractivity contribution in [2.75, 3.05) is 18.5 Å². The second-order valence-corrected chi connectivity index (χ2v) is 10.1. The maximum absolute atomic E-state index is 12.8. The van der Waals surface area contributed by atoms with Crippen LogP contribution in [0.1, 0.15) is 30.1 Å². The summed E-state index contributed by atoms with van der Waals surface area (Å²) >= 11 is 18.0. The predicted molar refractivity (Wildman–Crippen MR) is 116 cm³/mol. The molecule has 29 heavy (non-hydrogen) atoms. The number of hydrogen-bond donors (Lipinski definition) is 2. The lowest BCUT2D eigenvalue weighted by molar-refractivity contribution is 0.0962. The summed E-state index contributed by atoms with van der Waals surface area (Å²) in [5, 5.41) is 0.872. The first kappa shape index (κ1) is 22.2. The molecule has 0 aliphatic carbocycles. The number of hydrazine groups is 1. The van der Waals surface area contributed by atoms with Gasteiger partial charge in [0.25, 0.3) is 5.91 Å². The number of piperidine rings is 1. The van der Waals surface area contributed by atoms with Gasteiger partial charge in [-0.1, -0.05) is 41.7 Å². The largest absolute Gasteiger partial charge is 0.295 e. The van der Waals surface area contributed by atoms with E-state index in [0.29, 0.717) is 29.7 Å². The summed E-state index contributed by atoms with van der Waals surface area (Å²) in [5.74, 6) is 0.0606. The summed E-state index contributed by atoms with van der Waals surface area (Å²) in [6.45, 7) is 3.15. The molecule has 0 atom stereocenters. The van der Waals surface area contributed by atoms with Gasteiger partial charge in [-0.2, -0.15) is 4.31 Å². The van der Waals surface area contributed by atoms with E-state index >= 15 is 0 Å². The zero-order valence-electron chi connectivity index (χ0n) is 15.6. The monoisotopic (exact) mass is 475 g/mol. The minimum atomic E-state index is -3.56. The quantitative estimate of drug-likeness (QED) is 0.606. The highest BCUT2D eigenvalue weighted by atomic mass is 35.5. The molecule has 1 fully saturated rings. The lowest BCUT2D eigenvalue weighted by atomic mass is 10.0. The summed E-state index contributed by atoms with van der Waals surface area (Å²) in [7, 11) is -3.56. The second kappa shape index (κ2) is 9.10. The van der Waals surface area contributed by atoms with Crippen molar-refractivity contribution in [3.8, 4) is 0 Å². The number of rotatable bonds is 5. The summed E-state index contributed by atoms with van der Waals surface area (Å²) in [6, 6.07) is 8.77. The Labute approximate surface area is 185 Å². The molecule has 2 N–H and O–H groups in total. The second-order valence-electron chi connectivity index (χ2n) is 6.93. The molecule has 1 saturated heterocycles. The first-order valence-electron chi connectivity index (χ1n) is 8.99. The molecule has 1 heterocycles. The van der Waals surface area contributed by atoms with Gasteiger partial charge in [0.1, 0.15) is 0 Å². The van der Waals surface area contributed by atoms with Crippen LogP contribution in [-0.2, 0) is 10.0 Å². The summed E-state index contributed by atoms with van der Waals surface area (Å²) < 4.78 is 27.0. The molecule has 3 rings (SSSR count). The minimum absolute atomic E-state index is 0.167. The van der Waals surface area contributed by atoms with Gasteiger partial charge in [0, 0.05) is 23.7 Å². The minimum Gasteiger partial charge on any atom is -0.295 e. The molecule has 0 saturated carbocycles. The Bertz CT molecular complexity index is 982. The maximum Gasteiger partial charge on any atom is 0.269 e. The summed E-state index contributed by atoms with van der Waals surface area (Å²) in [6.07, 6.45) is 1.70. The van der Waals surface area contributed by atoms with E-state index in [0.717, 1.165) is 12.8 Å². The van der Waals surface area contributed by atoms with Crippen LogP contribution in [0, 0.1) is 5.92 Å². The van der Waals surface area contributed by atoms with Crippen LogP contribution in [0.3, 0.4) is 0 Å². The van der Waals surface area contributed by atoms with Crippen molar-refractivity contribution in [1.29, 1.82) is 0 Å².